The monoisotopic (exact) mass is 659 g/mol. The molecule has 240 valence electrons. The van der Waals surface area contributed by atoms with E-state index in [4.69, 9.17) is 0 Å². The molecule has 17 heteroatoms. The van der Waals surface area contributed by atoms with Crippen LogP contribution in [0.4, 0.5) is 26.3 Å². The van der Waals surface area contributed by atoms with Crippen LogP contribution in [-0.4, -0.2) is 89.6 Å². The molecule has 43 heavy (non-hydrogen) atoms. The Bertz CT molecular complexity index is 1370. The molecule has 3 heterocycles. The fourth-order valence-electron chi connectivity index (χ4n) is 5.18. The van der Waals surface area contributed by atoms with Crippen LogP contribution >= 0.6 is 21.9 Å². The molecular formula is C26H31F6N3O6S2. The minimum absolute atomic E-state index is 0.0169. The Balaban J connectivity index is 1.70. The normalized spacial score (nSPS) is 21.5. The number of likely N-dealkylation sites (tertiary alicyclic amines) is 1. The predicted octanol–water partition coefficient (Wildman–Crippen LogP) is 5.06. The number of alkyl halides is 6. The number of hydrogen-bond donors (Lipinski definition) is 5. The quantitative estimate of drug-likeness (QED) is 0.273. The lowest BCUT2D eigenvalue weighted by Gasteiger charge is -2.43. The first-order valence-electron chi connectivity index (χ1n) is 13.2. The fourth-order valence-corrected chi connectivity index (χ4v) is 7.86. The highest BCUT2D eigenvalue weighted by Gasteiger charge is 2.71. The Labute approximate surface area is 248 Å². The van der Waals surface area contributed by atoms with E-state index in [9.17, 15) is 55.3 Å². The van der Waals surface area contributed by atoms with Gasteiger partial charge in [-0.2, -0.15) is 36.9 Å². The zero-order chi connectivity index (χ0) is 32.2. The van der Waals surface area contributed by atoms with Crippen LogP contribution in [0.5, 0.6) is 0 Å². The standard InChI is InChI=1S/C26H31F6N3O6S2/c1-14-12-16(24(39,25(27,28)29)26(30,31)32)5-6-17(14)19-18(22(37)35-9-3-4-15(35)2)34-21(42-19)20(36)33-13-23(38)7-10-43(40,41)11-8-23/h5-6,12,15,38-41H,3-4,7-11,13H2,1-2H3,(H,33,36)/t15-/m0/s1. The summed E-state index contributed by atoms with van der Waals surface area (Å²) in [4.78, 5) is 32.4. The smallest absolute Gasteiger partial charge is 0.388 e. The van der Waals surface area contributed by atoms with Crippen LogP contribution < -0.4 is 5.32 Å². The molecule has 2 aliphatic rings. The van der Waals surface area contributed by atoms with Crippen LogP contribution in [0.2, 0.25) is 0 Å². The van der Waals surface area contributed by atoms with Gasteiger partial charge in [0.25, 0.3) is 17.4 Å². The number of benzene rings is 1. The summed E-state index contributed by atoms with van der Waals surface area (Å²) in [5.41, 5.74) is -8.33. The van der Waals surface area contributed by atoms with Gasteiger partial charge in [-0.25, -0.2) is 4.98 Å². The van der Waals surface area contributed by atoms with Crippen molar-refractivity contribution < 1.29 is 55.3 Å². The average molecular weight is 660 g/mol. The number of nitrogens with zero attached hydrogens (tertiary/aromatic N) is 2. The fraction of sp³-hybridized carbons (Fsp3) is 0.577. The van der Waals surface area contributed by atoms with Crippen molar-refractivity contribution in [3.63, 3.8) is 0 Å². The van der Waals surface area contributed by atoms with E-state index < -0.39 is 51.5 Å². The van der Waals surface area contributed by atoms with Gasteiger partial charge in [-0.3, -0.25) is 18.7 Å². The van der Waals surface area contributed by atoms with Crippen LogP contribution in [0.15, 0.2) is 18.2 Å². The summed E-state index contributed by atoms with van der Waals surface area (Å²) in [6.45, 7) is 3.14. The molecule has 2 saturated heterocycles. The first-order chi connectivity index (χ1) is 19.7. The lowest BCUT2D eigenvalue weighted by Crippen LogP contribution is -2.53. The van der Waals surface area contributed by atoms with Crippen LogP contribution in [0.25, 0.3) is 10.4 Å². The average Bonchev–Trinajstić information content (AvgIpc) is 3.54. The summed E-state index contributed by atoms with van der Waals surface area (Å²) in [7, 11) is -2.80. The Hall–Kier alpha value is -2.44. The van der Waals surface area contributed by atoms with Crippen LogP contribution in [0.1, 0.15) is 64.0 Å². The third kappa shape index (κ3) is 6.51. The second-order valence-corrected chi connectivity index (χ2v) is 14.5. The molecule has 1 atom stereocenters. The summed E-state index contributed by atoms with van der Waals surface area (Å²) >= 11 is 0.698. The second-order valence-electron chi connectivity index (χ2n) is 11.0. The molecule has 0 unspecified atom stereocenters. The second kappa shape index (κ2) is 11.5. The molecule has 0 saturated carbocycles. The lowest BCUT2D eigenvalue weighted by molar-refractivity contribution is -0.376. The maximum atomic E-state index is 13.5. The zero-order valence-corrected chi connectivity index (χ0v) is 24.7. The molecule has 0 radical (unpaired) electrons. The van der Waals surface area contributed by atoms with Crippen molar-refractivity contribution in [3.8, 4) is 10.4 Å². The molecular weight excluding hydrogens is 628 g/mol. The Morgan fingerprint density at radius 1 is 1.14 bits per heavy atom. The molecule has 1 aromatic carbocycles. The van der Waals surface area contributed by atoms with Crippen molar-refractivity contribution in [2.24, 2.45) is 0 Å². The maximum absolute atomic E-state index is 13.5. The van der Waals surface area contributed by atoms with E-state index >= 15 is 0 Å². The number of aryl methyl sites for hydroxylation is 1. The van der Waals surface area contributed by atoms with Crippen molar-refractivity contribution >= 4 is 33.7 Å². The molecule has 2 aromatic rings. The molecule has 4 rings (SSSR count). The van der Waals surface area contributed by atoms with Gasteiger partial charge >= 0.3 is 12.4 Å². The van der Waals surface area contributed by atoms with Crippen molar-refractivity contribution in [2.45, 2.75) is 69.1 Å². The van der Waals surface area contributed by atoms with E-state index in [1.165, 1.54) is 11.8 Å². The molecule has 9 nitrogen and oxygen atoms in total. The highest BCUT2D eigenvalue weighted by molar-refractivity contribution is 8.24. The summed E-state index contributed by atoms with van der Waals surface area (Å²) in [6, 6.07) is 1.74. The maximum Gasteiger partial charge on any atom is 0.430 e. The van der Waals surface area contributed by atoms with Gasteiger partial charge in [0, 0.05) is 36.2 Å². The van der Waals surface area contributed by atoms with Gasteiger partial charge < -0.3 is 20.4 Å². The zero-order valence-electron chi connectivity index (χ0n) is 23.1. The molecule has 2 aliphatic heterocycles. The first-order valence-corrected chi connectivity index (χ1v) is 15.9. The summed E-state index contributed by atoms with van der Waals surface area (Å²) in [5, 5.41) is 22.9. The predicted molar refractivity (Wildman–Crippen MR) is 147 cm³/mol. The molecule has 0 spiro atoms. The van der Waals surface area contributed by atoms with E-state index in [1.54, 1.807) is 6.92 Å². The van der Waals surface area contributed by atoms with Gasteiger partial charge in [0.05, 0.1) is 10.5 Å². The Morgan fingerprint density at radius 2 is 1.74 bits per heavy atom. The number of rotatable bonds is 6. The van der Waals surface area contributed by atoms with Gasteiger partial charge in [-0.1, -0.05) is 18.2 Å². The van der Waals surface area contributed by atoms with Gasteiger partial charge in [-0.15, -0.1) is 11.3 Å². The molecule has 2 fully saturated rings. The Kier molecular flexibility index (Phi) is 8.94. The third-order valence-corrected chi connectivity index (χ3v) is 10.7. The number of aromatic nitrogens is 1. The van der Waals surface area contributed by atoms with Gasteiger partial charge in [0.2, 0.25) is 0 Å². The third-order valence-electron chi connectivity index (χ3n) is 7.91. The number of aliphatic hydroxyl groups is 2. The van der Waals surface area contributed by atoms with Gasteiger partial charge in [0.15, 0.2) is 5.01 Å². The molecule has 5 N–H and O–H groups in total. The minimum atomic E-state index is -6.08. The van der Waals surface area contributed by atoms with Gasteiger partial charge in [0.1, 0.15) is 5.69 Å². The number of thiazole rings is 1. The van der Waals surface area contributed by atoms with Crippen molar-refractivity contribution in [2.75, 3.05) is 24.6 Å². The number of amides is 2. The van der Waals surface area contributed by atoms with E-state index in [0.717, 1.165) is 6.07 Å². The van der Waals surface area contributed by atoms with Crippen molar-refractivity contribution in [1.82, 2.24) is 15.2 Å². The Morgan fingerprint density at radius 3 is 2.26 bits per heavy atom. The van der Waals surface area contributed by atoms with Crippen LogP contribution in [0.3, 0.4) is 0 Å². The first kappa shape index (κ1) is 33.5. The number of hydrogen-bond acceptors (Lipinski definition) is 8. The van der Waals surface area contributed by atoms with Crippen LogP contribution in [0, 0.1) is 6.92 Å². The van der Waals surface area contributed by atoms with E-state index in [1.807, 2.05) is 0 Å². The van der Waals surface area contributed by atoms with Gasteiger partial charge in [-0.05, 0) is 50.7 Å². The van der Waals surface area contributed by atoms with E-state index in [-0.39, 0.29) is 63.6 Å². The summed E-state index contributed by atoms with van der Waals surface area (Å²) in [5.74, 6) is -1.44. The lowest BCUT2D eigenvalue weighted by atomic mass is 9.89. The molecule has 0 aliphatic carbocycles. The number of nitrogens with one attached hydrogen (secondary N) is 1. The van der Waals surface area contributed by atoms with E-state index in [0.29, 0.717) is 42.9 Å². The topological polar surface area (TPSA) is 143 Å². The number of carbonyl (C=O) groups excluding carboxylic acids is 2. The SMILES string of the molecule is Cc1cc(C(O)(C(F)(F)F)C(F)(F)F)ccc1-c1sc(C(=O)NCC2(O)CCS(O)(O)CC2)nc1C(=O)N1CCC[C@@H]1C. The van der Waals surface area contributed by atoms with Crippen molar-refractivity contribution in [1.29, 1.82) is 0 Å². The number of halogens is 6. The highest BCUT2D eigenvalue weighted by atomic mass is 32.3. The summed E-state index contributed by atoms with van der Waals surface area (Å²) < 4.78 is 100. The summed E-state index contributed by atoms with van der Waals surface area (Å²) in [6.07, 6.45) is -10.7. The highest BCUT2D eigenvalue weighted by Crippen LogP contribution is 2.51. The molecule has 0 bridgehead atoms. The van der Waals surface area contributed by atoms with E-state index in [2.05, 4.69) is 10.3 Å². The molecule has 2 amide bonds. The van der Waals surface area contributed by atoms with Crippen LogP contribution in [-0.2, 0) is 5.60 Å². The minimum Gasteiger partial charge on any atom is -0.388 e. The number of carbonyl (C=O) groups is 2. The largest absolute Gasteiger partial charge is 0.430 e. The molecule has 1 aromatic heterocycles. The van der Waals surface area contributed by atoms with Crippen molar-refractivity contribution in [3.05, 3.63) is 40.0 Å².